The summed E-state index contributed by atoms with van der Waals surface area (Å²) >= 11 is 0. The van der Waals surface area contributed by atoms with Crippen LogP contribution in [0.25, 0.3) is 11.3 Å². The van der Waals surface area contributed by atoms with Gasteiger partial charge in [-0.15, -0.1) is 0 Å². The van der Waals surface area contributed by atoms with E-state index in [1.165, 1.54) is 13.1 Å². The summed E-state index contributed by atoms with van der Waals surface area (Å²) in [5.74, 6) is 6.16. The van der Waals surface area contributed by atoms with Gasteiger partial charge in [0.1, 0.15) is 5.75 Å². The number of nitrogens with zero attached hydrogens (tertiary/aromatic N) is 1. The van der Waals surface area contributed by atoms with Crippen LogP contribution in [0.4, 0.5) is 0 Å². The van der Waals surface area contributed by atoms with Crippen molar-refractivity contribution >= 4 is 5.91 Å². The van der Waals surface area contributed by atoms with Crippen molar-refractivity contribution in [2.75, 3.05) is 6.54 Å². The third-order valence-electron chi connectivity index (χ3n) is 2.36. The van der Waals surface area contributed by atoms with Gasteiger partial charge in [0.05, 0.1) is 18.3 Å². The molecule has 1 aromatic carbocycles. The van der Waals surface area contributed by atoms with Gasteiger partial charge in [-0.05, 0) is 18.2 Å². The van der Waals surface area contributed by atoms with Crippen molar-refractivity contribution in [1.29, 1.82) is 0 Å². The molecule has 0 aliphatic carbocycles. The highest BCUT2D eigenvalue weighted by Gasteiger charge is 2.08. The normalized spacial score (nSPS) is 9.53. The van der Waals surface area contributed by atoms with Gasteiger partial charge in [-0.1, -0.05) is 17.0 Å². The van der Waals surface area contributed by atoms with Gasteiger partial charge >= 0.3 is 0 Å². The third kappa shape index (κ3) is 3.36. The van der Waals surface area contributed by atoms with E-state index in [4.69, 9.17) is 4.52 Å². The van der Waals surface area contributed by atoms with E-state index in [9.17, 15) is 9.90 Å². The van der Waals surface area contributed by atoms with E-state index in [1.807, 2.05) is 0 Å². The summed E-state index contributed by atoms with van der Waals surface area (Å²) in [6.45, 7) is 1.72. The maximum Gasteiger partial charge on any atom is 0.217 e. The van der Waals surface area contributed by atoms with E-state index in [2.05, 4.69) is 22.3 Å². The Bertz CT molecular complexity index is 636. The smallest absolute Gasteiger partial charge is 0.217 e. The van der Waals surface area contributed by atoms with Crippen LogP contribution in [0.2, 0.25) is 0 Å². The number of nitrogens with one attached hydrogen (secondary N) is 1. The van der Waals surface area contributed by atoms with E-state index < -0.39 is 0 Å². The van der Waals surface area contributed by atoms with E-state index in [1.54, 1.807) is 24.3 Å². The Morgan fingerprint density at radius 2 is 2.32 bits per heavy atom. The van der Waals surface area contributed by atoms with Crippen LogP contribution < -0.4 is 5.32 Å². The number of hydrogen-bond acceptors (Lipinski definition) is 4. The summed E-state index contributed by atoms with van der Waals surface area (Å²) in [5, 5.41) is 15.9. The van der Waals surface area contributed by atoms with Gasteiger partial charge < -0.3 is 14.9 Å². The first-order valence-electron chi connectivity index (χ1n) is 5.64. The molecule has 0 radical (unpaired) electrons. The zero-order chi connectivity index (χ0) is 13.7. The molecule has 2 N–H and O–H groups in total. The summed E-state index contributed by atoms with van der Waals surface area (Å²) in [6, 6.07) is 6.59. The molecule has 0 fully saturated rings. The van der Waals surface area contributed by atoms with Crippen LogP contribution in [0.3, 0.4) is 0 Å². The minimum Gasteiger partial charge on any atom is -0.507 e. The van der Waals surface area contributed by atoms with E-state index in [-0.39, 0.29) is 18.2 Å². The van der Waals surface area contributed by atoms with Crippen LogP contribution in [-0.4, -0.2) is 22.7 Å². The third-order valence-corrected chi connectivity index (χ3v) is 2.36. The van der Waals surface area contributed by atoms with E-state index in [0.717, 1.165) is 5.56 Å². The SMILES string of the molecule is CC(=O)NCC#Cc1ccc(O)c(-c2ccno2)c1. The maximum atomic E-state index is 10.7. The second-order valence-corrected chi connectivity index (χ2v) is 3.82. The van der Waals surface area contributed by atoms with E-state index in [0.29, 0.717) is 11.3 Å². The number of benzene rings is 1. The molecule has 1 aromatic heterocycles. The molecule has 0 saturated carbocycles. The Morgan fingerprint density at radius 1 is 1.47 bits per heavy atom. The Hall–Kier alpha value is -2.74. The number of carbonyl (C=O) groups excluding carboxylic acids is 1. The lowest BCUT2D eigenvalue weighted by atomic mass is 10.1. The molecule has 0 aliphatic heterocycles. The lowest BCUT2D eigenvalue weighted by Gasteiger charge is -2.00. The van der Waals surface area contributed by atoms with Crippen molar-refractivity contribution in [1.82, 2.24) is 10.5 Å². The highest BCUT2D eigenvalue weighted by atomic mass is 16.5. The zero-order valence-electron chi connectivity index (χ0n) is 10.3. The number of hydrogen-bond donors (Lipinski definition) is 2. The fourth-order valence-corrected chi connectivity index (χ4v) is 1.48. The molecule has 2 rings (SSSR count). The van der Waals surface area contributed by atoms with E-state index >= 15 is 0 Å². The Morgan fingerprint density at radius 3 is 3.00 bits per heavy atom. The van der Waals surface area contributed by atoms with Crippen LogP contribution in [0.5, 0.6) is 5.75 Å². The van der Waals surface area contributed by atoms with Gasteiger partial charge in [-0.3, -0.25) is 4.79 Å². The molecular formula is C14H12N2O3. The van der Waals surface area contributed by atoms with Crippen molar-refractivity contribution < 1.29 is 14.4 Å². The largest absolute Gasteiger partial charge is 0.507 e. The van der Waals surface area contributed by atoms with Crippen molar-refractivity contribution in [2.45, 2.75) is 6.92 Å². The molecule has 2 aromatic rings. The molecule has 19 heavy (non-hydrogen) atoms. The number of aromatic hydroxyl groups is 1. The van der Waals surface area contributed by atoms with Gasteiger partial charge in [0.2, 0.25) is 5.91 Å². The van der Waals surface area contributed by atoms with Crippen molar-refractivity contribution in [3.05, 3.63) is 36.0 Å². The fourth-order valence-electron chi connectivity index (χ4n) is 1.48. The topological polar surface area (TPSA) is 75.4 Å². The monoisotopic (exact) mass is 256 g/mol. The van der Waals surface area contributed by atoms with Gasteiger partial charge in [0.15, 0.2) is 5.76 Å². The predicted octanol–water partition coefficient (Wildman–Crippen LogP) is 1.53. The highest BCUT2D eigenvalue weighted by Crippen LogP contribution is 2.29. The first kappa shape index (κ1) is 12.7. The van der Waals surface area contributed by atoms with Crippen LogP contribution in [-0.2, 0) is 4.79 Å². The number of carbonyl (C=O) groups is 1. The van der Waals surface area contributed by atoms with Gasteiger partial charge in [-0.25, -0.2) is 0 Å². The molecule has 0 bridgehead atoms. The minimum absolute atomic E-state index is 0.101. The molecule has 5 nitrogen and oxygen atoms in total. The van der Waals surface area contributed by atoms with Crippen LogP contribution in [0, 0.1) is 11.8 Å². The molecule has 0 spiro atoms. The average molecular weight is 256 g/mol. The number of aromatic nitrogens is 1. The second kappa shape index (κ2) is 5.74. The average Bonchev–Trinajstić information content (AvgIpc) is 2.90. The Labute approximate surface area is 110 Å². The van der Waals surface area contributed by atoms with Crippen LogP contribution in [0.1, 0.15) is 12.5 Å². The molecule has 0 atom stereocenters. The Kier molecular flexibility index (Phi) is 3.84. The summed E-state index contributed by atoms with van der Waals surface area (Å²) in [5.41, 5.74) is 1.25. The van der Waals surface area contributed by atoms with Crippen LogP contribution >= 0.6 is 0 Å². The van der Waals surface area contributed by atoms with Gasteiger partial charge in [0, 0.05) is 18.6 Å². The van der Waals surface area contributed by atoms with Gasteiger partial charge in [-0.2, -0.15) is 0 Å². The van der Waals surface area contributed by atoms with Crippen molar-refractivity contribution in [2.24, 2.45) is 0 Å². The Balaban J connectivity index is 2.20. The van der Waals surface area contributed by atoms with Crippen molar-refractivity contribution in [3.63, 3.8) is 0 Å². The fraction of sp³-hybridized carbons (Fsp3) is 0.143. The lowest BCUT2D eigenvalue weighted by molar-refractivity contribution is -0.118. The number of rotatable bonds is 2. The molecule has 5 heteroatoms. The molecule has 0 unspecified atom stereocenters. The predicted molar refractivity (Wildman–Crippen MR) is 69.2 cm³/mol. The standard InChI is InChI=1S/C14H12N2O3/c1-10(17)15-7-2-3-11-4-5-13(18)12(9-11)14-6-8-16-19-14/h4-6,8-9,18H,7H2,1H3,(H,15,17). The molecule has 96 valence electrons. The molecule has 1 amide bonds. The first-order chi connectivity index (χ1) is 9.16. The lowest BCUT2D eigenvalue weighted by Crippen LogP contribution is -2.19. The minimum atomic E-state index is -0.123. The second-order valence-electron chi connectivity index (χ2n) is 3.82. The van der Waals surface area contributed by atoms with Crippen molar-refractivity contribution in [3.8, 4) is 28.9 Å². The summed E-state index contributed by atoms with van der Waals surface area (Å²) < 4.78 is 5.00. The highest BCUT2D eigenvalue weighted by molar-refractivity contribution is 5.73. The number of phenols is 1. The maximum absolute atomic E-state index is 10.7. The molecule has 0 aliphatic rings. The first-order valence-corrected chi connectivity index (χ1v) is 5.64. The summed E-state index contributed by atoms with van der Waals surface area (Å²) in [7, 11) is 0. The quantitative estimate of drug-likeness (QED) is 0.799. The summed E-state index contributed by atoms with van der Waals surface area (Å²) in [4.78, 5) is 10.7. The molecule has 0 saturated heterocycles. The molecular weight excluding hydrogens is 244 g/mol. The number of amides is 1. The van der Waals surface area contributed by atoms with Crippen LogP contribution in [0.15, 0.2) is 35.0 Å². The zero-order valence-corrected chi connectivity index (χ0v) is 10.3. The molecule has 1 heterocycles. The summed E-state index contributed by atoms with van der Waals surface area (Å²) in [6.07, 6.45) is 1.50. The van der Waals surface area contributed by atoms with Gasteiger partial charge in [0.25, 0.3) is 0 Å². The number of phenolic OH excluding ortho intramolecular Hbond substituents is 1.